The molecule has 0 aliphatic carbocycles. The summed E-state index contributed by atoms with van der Waals surface area (Å²) in [6.07, 6.45) is 0. The Balaban J connectivity index is 2.17. The van der Waals surface area contributed by atoms with Crippen molar-refractivity contribution in [3.8, 4) is 0 Å². The number of hydrogen-bond donors (Lipinski definition) is 2. The van der Waals surface area contributed by atoms with E-state index in [1.165, 1.54) is 36.4 Å². The molecule has 0 saturated heterocycles. The van der Waals surface area contributed by atoms with E-state index in [9.17, 15) is 25.4 Å². The molecule has 0 bridgehead atoms. The lowest BCUT2D eigenvalue weighted by atomic mass is 10.2. The Bertz CT molecular complexity index is 850. The van der Waals surface area contributed by atoms with E-state index in [0.29, 0.717) is 0 Å². The summed E-state index contributed by atoms with van der Waals surface area (Å²) >= 11 is 0. The lowest BCUT2D eigenvalue weighted by molar-refractivity contribution is -0.407. The van der Waals surface area contributed by atoms with E-state index in [2.05, 4.69) is 10.6 Å². The van der Waals surface area contributed by atoms with Crippen molar-refractivity contribution in [2.75, 3.05) is 5.43 Å². The molecule has 11 nitrogen and oxygen atoms in total. The minimum Gasteiger partial charge on any atom is -0.722 e. The second-order valence-corrected chi connectivity index (χ2v) is 4.45. The Hall–Kier alpha value is -3.89. The third-order valence-electron chi connectivity index (χ3n) is 2.85. The first-order chi connectivity index (χ1) is 11.4. The number of anilines is 1. The van der Waals surface area contributed by atoms with Crippen LogP contribution in [0.3, 0.4) is 0 Å². The third kappa shape index (κ3) is 3.85. The minimum absolute atomic E-state index is 0.00351. The number of non-ortho nitro benzene ring substituents is 2. The molecule has 2 N–H and O–H groups in total. The van der Waals surface area contributed by atoms with Crippen molar-refractivity contribution in [3.05, 3.63) is 79.5 Å². The fraction of sp³-hybridized carbons (Fsp3) is 0. The van der Waals surface area contributed by atoms with Gasteiger partial charge < -0.3 is 5.21 Å². The Morgan fingerprint density at radius 3 is 2.17 bits per heavy atom. The van der Waals surface area contributed by atoms with Gasteiger partial charge in [0.1, 0.15) is 5.69 Å². The van der Waals surface area contributed by atoms with Crippen LogP contribution < -0.4 is 5.43 Å². The molecule has 11 heteroatoms. The molecule has 0 heterocycles. The molecule has 0 saturated carbocycles. The Morgan fingerprint density at radius 1 is 0.958 bits per heavy atom. The van der Waals surface area contributed by atoms with E-state index in [4.69, 9.17) is 5.41 Å². The van der Waals surface area contributed by atoms with Crippen LogP contribution in [0.15, 0.2) is 53.8 Å². The summed E-state index contributed by atoms with van der Waals surface area (Å²) in [5.41, 5.74) is 2.01. The number of benzene rings is 2. The zero-order valence-electron chi connectivity index (χ0n) is 11.9. The lowest BCUT2D eigenvalue weighted by Crippen LogP contribution is -2.15. The summed E-state index contributed by atoms with van der Waals surface area (Å²) in [6.45, 7) is 0. The smallest absolute Gasteiger partial charge is 0.282 e. The second kappa shape index (κ2) is 6.91. The van der Waals surface area contributed by atoms with Crippen LogP contribution in [0.4, 0.5) is 17.1 Å². The molecule has 2 rings (SSSR count). The highest BCUT2D eigenvalue weighted by Crippen LogP contribution is 2.17. The van der Waals surface area contributed by atoms with E-state index >= 15 is 0 Å². The van der Waals surface area contributed by atoms with Gasteiger partial charge in [0.15, 0.2) is 0 Å². The molecule has 0 amide bonds. The zero-order chi connectivity index (χ0) is 17.7. The normalized spacial score (nSPS) is 10.9. The Morgan fingerprint density at radius 2 is 1.54 bits per heavy atom. The van der Waals surface area contributed by atoms with Crippen molar-refractivity contribution >= 4 is 22.9 Å². The number of amidine groups is 1. The average Bonchev–Trinajstić information content (AvgIpc) is 2.59. The van der Waals surface area contributed by atoms with E-state index in [1.807, 2.05) is 0 Å². The van der Waals surface area contributed by atoms with Crippen LogP contribution in [-0.4, -0.2) is 20.5 Å². The van der Waals surface area contributed by atoms with Crippen LogP contribution in [-0.2, 0) is 0 Å². The molecule has 0 atom stereocenters. The van der Waals surface area contributed by atoms with Crippen molar-refractivity contribution in [1.82, 2.24) is 0 Å². The predicted molar refractivity (Wildman–Crippen MR) is 82.7 cm³/mol. The summed E-state index contributed by atoms with van der Waals surface area (Å²) in [5, 5.41) is 44.2. The zero-order valence-corrected chi connectivity index (χ0v) is 11.9. The molecule has 2 aromatic rings. The van der Waals surface area contributed by atoms with Crippen LogP contribution in [0, 0.1) is 30.8 Å². The van der Waals surface area contributed by atoms with E-state index in [-0.39, 0.29) is 27.5 Å². The summed E-state index contributed by atoms with van der Waals surface area (Å²) in [5.74, 6) is -0.628. The number of nitrogens with one attached hydrogen (secondary N) is 2. The van der Waals surface area contributed by atoms with Gasteiger partial charge in [0.25, 0.3) is 17.2 Å². The SMILES string of the molecule is N=C(c1cccc([N+](=O)[O-])c1)[N+]([O-])=NNc1cccc([N+](=O)[O-])c1. The fourth-order valence-corrected chi connectivity index (χ4v) is 1.72. The third-order valence-corrected chi connectivity index (χ3v) is 2.85. The van der Waals surface area contributed by atoms with Crippen molar-refractivity contribution in [2.45, 2.75) is 0 Å². The molecule has 0 aliphatic rings. The summed E-state index contributed by atoms with van der Waals surface area (Å²) < 4.78 is 0. The van der Waals surface area contributed by atoms with Gasteiger partial charge in [0, 0.05) is 23.4 Å². The van der Waals surface area contributed by atoms with Gasteiger partial charge >= 0.3 is 0 Å². The highest BCUT2D eigenvalue weighted by molar-refractivity contribution is 5.90. The van der Waals surface area contributed by atoms with Gasteiger partial charge in [-0.05, 0) is 12.1 Å². The molecular formula is C13H10N6O5. The van der Waals surface area contributed by atoms with E-state index < -0.39 is 15.7 Å². The number of nitro groups is 2. The number of nitro benzene ring substituents is 2. The minimum atomic E-state index is -0.648. The average molecular weight is 330 g/mol. The topological polar surface area (TPSA) is 161 Å². The molecule has 0 spiro atoms. The molecule has 0 radical (unpaired) electrons. The van der Waals surface area contributed by atoms with Crippen LogP contribution in [0.2, 0.25) is 0 Å². The van der Waals surface area contributed by atoms with E-state index in [0.717, 1.165) is 12.1 Å². The highest BCUT2D eigenvalue weighted by Gasteiger charge is 2.13. The molecule has 24 heavy (non-hydrogen) atoms. The van der Waals surface area contributed by atoms with Gasteiger partial charge in [-0.15, -0.1) is 4.86 Å². The maximum absolute atomic E-state index is 11.8. The predicted octanol–water partition coefficient (Wildman–Crippen LogP) is 2.82. The van der Waals surface area contributed by atoms with Crippen LogP contribution >= 0.6 is 0 Å². The van der Waals surface area contributed by atoms with Crippen LogP contribution in [0.5, 0.6) is 0 Å². The number of hydrogen-bond acceptors (Lipinski definition) is 7. The largest absolute Gasteiger partial charge is 0.722 e. The molecule has 122 valence electrons. The van der Waals surface area contributed by atoms with Gasteiger partial charge in [0.2, 0.25) is 0 Å². The summed E-state index contributed by atoms with van der Waals surface area (Å²) in [4.78, 5) is 20.0. The fourth-order valence-electron chi connectivity index (χ4n) is 1.72. The molecule has 2 aromatic carbocycles. The maximum Gasteiger partial charge on any atom is 0.282 e. The number of nitrogens with zero attached hydrogens (tertiary/aromatic N) is 4. The molecule has 0 aliphatic heterocycles. The van der Waals surface area contributed by atoms with Crippen LogP contribution in [0.25, 0.3) is 0 Å². The highest BCUT2D eigenvalue weighted by atomic mass is 16.6. The monoisotopic (exact) mass is 330 g/mol. The van der Waals surface area contributed by atoms with Gasteiger partial charge in [-0.3, -0.25) is 20.2 Å². The van der Waals surface area contributed by atoms with Gasteiger partial charge in [-0.2, -0.15) is 10.8 Å². The maximum atomic E-state index is 11.8. The summed E-state index contributed by atoms with van der Waals surface area (Å²) in [7, 11) is 0. The Labute approximate surface area is 134 Å². The molecule has 0 unspecified atom stereocenters. The van der Waals surface area contributed by atoms with Gasteiger partial charge in [0.05, 0.1) is 21.5 Å². The first-order valence-corrected chi connectivity index (χ1v) is 6.40. The van der Waals surface area contributed by atoms with Gasteiger partial charge in [-0.25, -0.2) is 0 Å². The van der Waals surface area contributed by atoms with Crippen molar-refractivity contribution in [1.29, 1.82) is 5.41 Å². The second-order valence-electron chi connectivity index (χ2n) is 4.45. The van der Waals surface area contributed by atoms with Gasteiger partial charge in [-0.1, -0.05) is 12.1 Å². The lowest BCUT2D eigenvalue weighted by Gasteiger charge is -2.07. The first kappa shape index (κ1) is 16.5. The quantitative estimate of drug-likeness (QED) is 0.214. The first-order valence-electron chi connectivity index (χ1n) is 6.40. The Kier molecular flexibility index (Phi) is 4.75. The van der Waals surface area contributed by atoms with E-state index in [1.54, 1.807) is 0 Å². The standard InChI is InChI=1S/C13H10N6O5/c14-13(9-3-1-5-11(7-9)18(21)22)17(20)16-15-10-4-2-6-12(8-10)19(23)24/h1-8,14-15H. The molecular weight excluding hydrogens is 320 g/mol. The van der Waals surface area contributed by atoms with Crippen molar-refractivity contribution in [3.63, 3.8) is 0 Å². The molecule has 0 fully saturated rings. The molecule has 0 aromatic heterocycles. The summed E-state index contributed by atoms with van der Waals surface area (Å²) in [6, 6.07) is 10.3. The number of hydroxylamine groups is 1. The van der Waals surface area contributed by atoms with Crippen molar-refractivity contribution < 1.29 is 14.7 Å². The number of rotatable bonds is 5. The van der Waals surface area contributed by atoms with Crippen LogP contribution in [0.1, 0.15) is 5.56 Å². The van der Waals surface area contributed by atoms with Crippen molar-refractivity contribution in [2.24, 2.45) is 5.22 Å².